The van der Waals surface area contributed by atoms with Gasteiger partial charge in [0.1, 0.15) is 5.54 Å². The van der Waals surface area contributed by atoms with E-state index in [9.17, 15) is 14.4 Å². The summed E-state index contributed by atoms with van der Waals surface area (Å²) >= 11 is 0. The van der Waals surface area contributed by atoms with E-state index < -0.39 is 11.5 Å². The van der Waals surface area contributed by atoms with Crippen LogP contribution in [0, 0.1) is 12.8 Å². The van der Waals surface area contributed by atoms with Gasteiger partial charge in [-0.25, -0.2) is 4.79 Å². The summed E-state index contributed by atoms with van der Waals surface area (Å²) < 4.78 is 4.80. The first kappa shape index (κ1) is 19.9. The average Bonchev–Trinajstić information content (AvgIpc) is 2.67. The Labute approximate surface area is 154 Å². The van der Waals surface area contributed by atoms with Crippen LogP contribution in [0.2, 0.25) is 0 Å². The number of rotatable bonds is 5. The molecule has 1 aromatic carbocycles. The third-order valence-electron chi connectivity index (χ3n) is 5.12. The zero-order valence-corrected chi connectivity index (χ0v) is 16.0. The first-order chi connectivity index (χ1) is 12.3. The van der Waals surface area contributed by atoms with Crippen molar-refractivity contribution in [3.63, 3.8) is 0 Å². The number of nitrogens with one attached hydrogen (secondary N) is 1. The number of ether oxygens (including phenoxy) is 1. The highest BCUT2D eigenvalue weighted by Gasteiger charge is 2.37. The molecule has 142 valence electrons. The second-order valence-electron chi connectivity index (χ2n) is 7.12. The molecular formula is C20H28N2O4. The molecule has 1 aliphatic rings. The van der Waals surface area contributed by atoms with Crippen molar-refractivity contribution in [3.05, 3.63) is 35.4 Å². The van der Waals surface area contributed by atoms with Crippen LogP contribution in [0.4, 0.5) is 0 Å². The Morgan fingerprint density at radius 2 is 1.92 bits per heavy atom. The third-order valence-corrected chi connectivity index (χ3v) is 5.12. The standard InChI is InChI=1S/C20H28N2O4/c1-5-20(3,19(25)26-4)21-17(23)16-7-6-12-22(13-16)18(24)15-10-8-14(2)9-11-15/h8-11,16H,5-7,12-13H2,1-4H3,(H,21,23)/t16-,20-/m0/s1. The highest BCUT2D eigenvalue weighted by molar-refractivity contribution is 5.95. The Morgan fingerprint density at radius 3 is 2.50 bits per heavy atom. The number of piperidine rings is 1. The van der Waals surface area contributed by atoms with E-state index in [1.165, 1.54) is 7.11 Å². The minimum atomic E-state index is -1.05. The van der Waals surface area contributed by atoms with Crippen molar-refractivity contribution in [1.29, 1.82) is 0 Å². The minimum Gasteiger partial charge on any atom is -0.467 e. The molecule has 6 heteroatoms. The normalized spacial score (nSPS) is 19.4. The number of benzene rings is 1. The Morgan fingerprint density at radius 1 is 1.27 bits per heavy atom. The number of amides is 2. The Balaban J connectivity index is 2.05. The average molecular weight is 360 g/mol. The van der Waals surface area contributed by atoms with Crippen LogP contribution in [-0.4, -0.2) is 48.4 Å². The summed E-state index contributed by atoms with van der Waals surface area (Å²) in [4.78, 5) is 39.1. The lowest BCUT2D eigenvalue weighted by atomic mass is 9.93. The topological polar surface area (TPSA) is 75.7 Å². The molecule has 0 saturated carbocycles. The van der Waals surface area contributed by atoms with Crippen LogP contribution in [0.5, 0.6) is 0 Å². The summed E-state index contributed by atoms with van der Waals surface area (Å²) in [6.45, 7) is 6.46. The van der Waals surface area contributed by atoms with E-state index in [1.54, 1.807) is 11.8 Å². The first-order valence-electron chi connectivity index (χ1n) is 9.07. The molecule has 0 spiro atoms. The molecule has 26 heavy (non-hydrogen) atoms. The van der Waals surface area contributed by atoms with Crippen molar-refractivity contribution >= 4 is 17.8 Å². The summed E-state index contributed by atoms with van der Waals surface area (Å²) in [7, 11) is 1.31. The zero-order chi connectivity index (χ0) is 19.3. The summed E-state index contributed by atoms with van der Waals surface area (Å²) in [5, 5.41) is 2.82. The molecule has 0 radical (unpaired) electrons. The van der Waals surface area contributed by atoms with Gasteiger partial charge in [-0.15, -0.1) is 0 Å². The Kier molecular flexibility index (Phi) is 6.40. The van der Waals surface area contributed by atoms with Gasteiger partial charge in [-0.2, -0.15) is 0 Å². The summed E-state index contributed by atoms with van der Waals surface area (Å²) in [6.07, 6.45) is 1.89. The lowest BCUT2D eigenvalue weighted by molar-refractivity contribution is -0.151. The van der Waals surface area contributed by atoms with Crippen molar-refractivity contribution in [2.45, 2.75) is 45.6 Å². The third kappa shape index (κ3) is 4.42. The van der Waals surface area contributed by atoms with Crippen molar-refractivity contribution < 1.29 is 19.1 Å². The molecule has 6 nitrogen and oxygen atoms in total. The van der Waals surface area contributed by atoms with Gasteiger partial charge < -0.3 is 15.0 Å². The number of hydrogen-bond donors (Lipinski definition) is 1. The number of likely N-dealkylation sites (tertiary alicyclic amines) is 1. The van der Waals surface area contributed by atoms with Crippen molar-refractivity contribution in [3.8, 4) is 0 Å². The molecule has 1 fully saturated rings. The van der Waals surface area contributed by atoms with E-state index >= 15 is 0 Å². The van der Waals surface area contributed by atoms with E-state index in [0.717, 1.165) is 12.0 Å². The fourth-order valence-electron chi connectivity index (χ4n) is 3.14. The predicted molar refractivity (Wildman–Crippen MR) is 98.7 cm³/mol. The predicted octanol–water partition coefficient (Wildman–Crippen LogP) is 2.31. The number of nitrogens with zero attached hydrogens (tertiary/aromatic N) is 1. The maximum atomic E-state index is 12.7. The van der Waals surface area contributed by atoms with E-state index in [-0.39, 0.29) is 17.7 Å². The van der Waals surface area contributed by atoms with Crippen molar-refractivity contribution in [2.24, 2.45) is 5.92 Å². The highest BCUT2D eigenvalue weighted by atomic mass is 16.5. The maximum Gasteiger partial charge on any atom is 0.331 e. The van der Waals surface area contributed by atoms with Crippen LogP contribution >= 0.6 is 0 Å². The molecule has 1 heterocycles. The fraction of sp³-hybridized carbons (Fsp3) is 0.550. The van der Waals surface area contributed by atoms with Gasteiger partial charge in [0.15, 0.2) is 0 Å². The second-order valence-corrected chi connectivity index (χ2v) is 7.12. The van der Waals surface area contributed by atoms with Crippen LogP contribution in [0.3, 0.4) is 0 Å². The van der Waals surface area contributed by atoms with Crippen molar-refractivity contribution in [1.82, 2.24) is 10.2 Å². The monoisotopic (exact) mass is 360 g/mol. The van der Waals surface area contributed by atoms with Gasteiger partial charge in [0.25, 0.3) is 5.91 Å². The van der Waals surface area contributed by atoms with Gasteiger partial charge in [0.05, 0.1) is 13.0 Å². The first-order valence-corrected chi connectivity index (χ1v) is 9.07. The van der Waals surface area contributed by atoms with E-state index in [4.69, 9.17) is 4.74 Å². The van der Waals surface area contributed by atoms with Crippen molar-refractivity contribution in [2.75, 3.05) is 20.2 Å². The Hall–Kier alpha value is -2.37. The van der Waals surface area contributed by atoms with Crippen LogP contribution in [-0.2, 0) is 14.3 Å². The minimum absolute atomic E-state index is 0.0614. The van der Waals surface area contributed by atoms with E-state index in [1.807, 2.05) is 38.1 Å². The van der Waals surface area contributed by atoms with Gasteiger partial charge in [-0.3, -0.25) is 9.59 Å². The van der Waals surface area contributed by atoms with E-state index in [2.05, 4.69) is 5.32 Å². The van der Waals surface area contributed by atoms with Crippen LogP contribution in [0.1, 0.15) is 49.0 Å². The maximum absolute atomic E-state index is 12.7. The molecule has 1 aromatic rings. The SMILES string of the molecule is CC[C@](C)(NC(=O)[C@H]1CCCN(C(=O)c2ccc(C)cc2)C1)C(=O)OC. The molecular weight excluding hydrogens is 332 g/mol. The molecule has 2 atom stereocenters. The fourth-order valence-corrected chi connectivity index (χ4v) is 3.14. The van der Waals surface area contributed by atoms with Crippen LogP contribution < -0.4 is 5.32 Å². The molecule has 0 aliphatic carbocycles. The summed E-state index contributed by atoms with van der Waals surface area (Å²) in [5.74, 6) is -1.06. The molecule has 0 unspecified atom stereocenters. The quantitative estimate of drug-likeness (QED) is 0.818. The molecule has 1 N–H and O–H groups in total. The van der Waals surface area contributed by atoms with Gasteiger partial charge in [-0.1, -0.05) is 24.6 Å². The number of methoxy groups -OCH3 is 1. The van der Waals surface area contributed by atoms with Crippen LogP contribution in [0.15, 0.2) is 24.3 Å². The lowest BCUT2D eigenvalue weighted by Crippen LogP contribution is -2.56. The Bertz CT molecular complexity index is 671. The number of hydrogen-bond acceptors (Lipinski definition) is 4. The molecule has 2 rings (SSSR count). The smallest absolute Gasteiger partial charge is 0.331 e. The number of esters is 1. The second kappa shape index (κ2) is 8.34. The zero-order valence-electron chi connectivity index (χ0n) is 16.0. The molecule has 0 bridgehead atoms. The lowest BCUT2D eigenvalue weighted by Gasteiger charge is -2.34. The van der Waals surface area contributed by atoms with Gasteiger partial charge >= 0.3 is 5.97 Å². The molecule has 0 aromatic heterocycles. The molecule has 2 amide bonds. The number of carbonyl (C=O) groups is 3. The van der Waals surface area contributed by atoms with E-state index in [0.29, 0.717) is 31.5 Å². The number of aryl methyl sites for hydroxylation is 1. The highest BCUT2D eigenvalue weighted by Crippen LogP contribution is 2.21. The van der Waals surface area contributed by atoms with Gasteiger partial charge in [-0.05, 0) is 45.2 Å². The summed E-state index contributed by atoms with van der Waals surface area (Å²) in [5.41, 5.74) is 0.679. The summed E-state index contributed by atoms with van der Waals surface area (Å²) in [6, 6.07) is 7.44. The van der Waals surface area contributed by atoms with Gasteiger partial charge in [0.2, 0.25) is 5.91 Å². The largest absolute Gasteiger partial charge is 0.467 e. The molecule has 1 aliphatic heterocycles. The van der Waals surface area contributed by atoms with Gasteiger partial charge in [0, 0.05) is 18.7 Å². The van der Waals surface area contributed by atoms with Crippen LogP contribution in [0.25, 0.3) is 0 Å². The number of carbonyl (C=O) groups excluding carboxylic acids is 3. The molecule has 1 saturated heterocycles.